The molecule has 0 aliphatic heterocycles. The van der Waals surface area contributed by atoms with E-state index in [0.29, 0.717) is 0 Å². The average molecular weight is 225 g/mol. The van der Waals surface area contributed by atoms with E-state index in [1.54, 1.807) is 0 Å². The van der Waals surface area contributed by atoms with Crippen LogP contribution in [0.5, 0.6) is 0 Å². The molecule has 2 aliphatic carbocycles. The lowest BCUT2D eigenvalue weighted by molar-refractivity contribution is -0.128. The zero-order valence-electron chi connectivity index (χ0n) is 10.4. The molecule has 0 aromatic rings. The minimum absolute atomic E-state index is 0.00267. The van der Waals surface area contributed by atoms with Gasteiger partial charge in [0.15, 0.2) is 0 Å². The van der Waals surface area contributed by atoms with Crippen LogP contribution in [-0.2, 0) is 4.79 Å². The second-order valence-corrected chi connectivity index (χ2v) is 6.24. The van der Waals surface area contributed by atoms with E-state index in [1.165, 1.54) is 19.3 Å². The molecule has 3 nitrogen and oxygen atoms in total. The van der Waals surface area contributed by atoms with Crippen molar-refractivity contribution in [3.8, 4) is 0 Å². The van der Waals surface area contributed by atoms with Crippen molar-refractivity contribution in [1.82, 2.24) is 5.32 Å². The first-order valence-corrected chi connectivity index (χ1v) is 6.39. The molecule has 2 aliphatic rings. The number of carbonyl (C=O) groups excluding carboxylic acids is 1. The van der Waals surface area contributed by atoms with Gasteiger partial charge < -0.3 is 10.4 Å². The summed E-state index contributed by atoms with van der Waals surface area (Å²) >= 11 is 0. The monoisotopic (exact) mass is 225 g/mol. The summed E-state index contributed by atoms with van der Waals surface area (Å²) in [5.41, 5.74) is -0.213. The first kappa shape index (κ1) is 11.9. The SMILES string of the molecule is CC(C)(CNC(=O)C1(CO)CC1)C1CCC1. The fourth-order valence-corrected chi connectivity index (χ4v) is 2.44. The third kappa shape index (κ3) is 2.10. The van der Waals surface area contributed by atoms with E-state index in [1.807, 2.05) is 0 Å². The highest BCUT2D eigenvalue weighted by Gasteiger charge is 2.49. The Hall–Kier alpha value is -0.570. The van der Waals surface area contributed by atoms with Crippen molar-refractivity contribution in [2.75, 3.05) is 13.2 Å². The first-order valence-electron chi connectivity index (χ1n) is 6.39. The van der Waals surface area contributed by atoms with Crippen LogP contribution in [0, 0.1) is 16.7 Å². The van der Waals surface area contributed by atoms with Crippen LogP contribution in [0.3, 0.4) is 0 Å². The smallest absolute Gasteiger partial charge is 0.228 e. The molecule has 0 aromatic carbocycles. The van der Waals surface area contributed by atoms with Gasteiger partial charge in [0.2, 0.25) is 5.91 Å². The van der Waals surface area contributed by atoms with Crippen molar-refractivity contribution in [2.45, 2.75) is 46.0 Å². The lowest BCUT2D eigenvalue weighted by atomic mass is 9.67. The van der Waals surface area contributed by atoms with Crippen LogP contribution in [0.15, 0.2) is 0 Å². The Labute approximate surface area is 97.6 Å². The summed E-state index contributed by atoms with van der Waals surface area (Å²) in [5, 5.41) is 12.2. The second-order valence-electron chi connectivity index (χ2n) is 6.24. The summed E-state index contributed by atoms with van der Waals surface area (Å²) in [4.78, 5) is 11.9. The predicted octanol–water partition coefficient (Wildman–Crippen LogP) is 1.70. The van der Waals surface area contributed by atoms with Crippen LogP contribution in [0.4, 0.5) is 0 Å². The molecule has 16 heavy (non-hydrogen) atoms. The summed E-state index contributed by atoms with van der Waals surface area (Å²) in [6, 6.07) is 0. The lowest BCUT2D eigenvalue weighted by Crippen LogP contribution is -2.44. The van der Waals surface area contributed by atoms with E-state index >= 15 is 0 Å². The van der Waals surface area contributed by atoms with Crippen LogP contribution in [0.25, 0.3) is 0 Å². The molecule has 0 atom stereocenters. The summed E-state index contributed by atoms with van der Waals surface area (Å²) < 4.78 is 0. The Morgan fingerprint density at radius 3 is 2.44 bits per heavy atom. The molecule has 2 N–H and O–H groups in total. The van der Waals surface area contributed by atoms with E-state index < -0.39 is 5.41 Å². The largest absolute Gasteiger partial charge is 0.395 e. The summed E-state index contributed by atoms with van der Waals surface area (Å²) in [6.45, 7) is 5.21. The zero-order chi connectivity index (χ0) is 11.8. The van der Waals surface area contributed by atoms with Gasteiger partial charge in [-0.15, -0.1) is 0 Å². The number of aliphatic hydroxyl groups excluding tert-OH is 1. The molecule has 3 heteroatoms. The van der Waals surface area contributed by atoms with Gasteiger partial charge in [-0.2, -0.15) is 0 Å². The fraction of sp³-hybridized carbons (Fsp3) is 0.923. The molecule has 0 bridgehead atoms. The molecule has 2 fully saturated rings. The van der Waals surface area contributed by atoms with Crippen LogP contribution in [-0.4, -0.2) is 24.2 Å². The number of aliphatic hydroxyl groups is 1. The Morgan fingerprint density at radius 1 is 1.44 bits per heavy atom. The maximum Gasteiger partial charge on any atom is 0.228 e. The van der Waals surface area contributed by atoms with E-state index in [0.717, 1.165) is 25.3 Å². The predicted molar refractivity (Wildman–Crippen MR) is 62.9 cm³/mol. The number of hydrogen-bond acceptors (Lipinski definition) is 2. The minimum Gasteiger partial charge on any atom is -0.395 e. The zero-order valence-corrected chi connectivity index (χ0v) is 10.4. The van der Waals surface area contributed by atoms with Gasteiger partial charge in [-0.05, 0) is 37.0 Å². The van der Waals surface area contributed by atoms with E-state index in [-0.39, 0.29) is 17.9 Å². The number of hydrogen-bond donors (Lipinski definition) is 2. The van der Waals surface area contributed by atoms with Crippen molar-refractivity contribution >= 4 is 5.91 Å². The third-order valence-corrected chi connectivity index (χ3v) is 4.55. The first-order chi connectivity index (χ1) is 7.50. The number of amides is 1. The van der Waals surface area contributed by atoms with Crippen molar-refractivity contribution in [2.24, 2.45) is 16.7 Å². The van der Waals surface area contributed by atoms with E-state index in [2.05, 4.69) is 19.2 Å². The van der Waals surface area contributed by atoms with Crippen molar-refractivity contribution in [3.05, 3.63) is 0 Å². The Kier molecular flexibility index (Phi) is 2.99. The Bertz CT molecular complexity index is 278. The van der Waals surface area contributed by atoms with E-state index in [4.69, 9.17) is 5.11 Å². The van der Waals surface area contributed by atoms with Gasteiger partial charge in [-0.1, -0.05) is 20.3 Å². The van der Waals surface area contributed by atoms with E-state index in [9.17, 15) is 4.79 Å². The van der Waals surface area contributed by atoms with Crippen LogP contribution in [0.2, 0.25) is 0 Å². The van der Waals surface area contributed by atoms with Gasteiger partial charge in [-0.3, -0.25) is 4.79 Å². The molecule has 0 heterocycles. The number of nitrogens with one attached hydrogen (secondary N) is 1. The maximum absolute atomic E-state index is 11.9. The molecular weight excluding hydrogens is 202 g/mol. The molecule has 0 aromatic heterocycles. The second kappa shape index (κ2) is 4.02. The van der Waals surface area contributed by atoms with Crippen molar-refractivity contribution in [1.29, 1.82) is 0 Å². The average Bonchev–Trinajstić information content (AvgIpc) is 2.91. The highest BCUT2D eigenvalue weighted by molar-refractivity contribution is 5.85. The summed E-state index contributed by atoms with van der Waals surface area (Å²) in [7, 11) is 0. The Morgan fingerprint density at radius 2 is 2.06 bits per heavy atom. The van der Waals surface area contributed by atoms with Crippen LogP contribution >= 0.6 is 0 Å². The third-order valence-electron chi connectivity index (χ3n) is 4.55. The molecular formula is C13H23NO2. The lowest BCUT2D eigenvalue weighted by Gasteiger charge is -2.40. The molecule has 1 amide bonds. The van der Waals surface area contributed by atoms with Gasteiger partial charge in [0, 0.05) is 6.54 Å². The number of rotatable bonds is 5. The molecule has 0 spiro atoms. The van der Waals surface area contributed by atoms with Crippen molar-refractivity contribution < 1.29 is 9.90 Å². The van der Waals surface area contributed by atoms with Gasteiger partial charge >= 0.3 is 0 Å². The fourth-order valence-electron chi connectivity index (χ4n) is 2.44. The normalized spacial score (nSPS) is 23.7. The minimum atomic E-state index is -0.421. The number of carbonyl (C=O) groups is 1. The van der Waals surface area contributed by atoms with Gasteiger partial charge in [0.25, 0.3) is 0 Å². The molecule has 0 radical (unpaired) electrons. The summed E-state index contributed by atoms with van der Waals surface area (Å²) in [6.07, 6.45) is 5.63. The van der Waals surface area contributed by atoms with Crippen molar-refractivity contribution in [3.63, 3.8) is 0 Å². The topological polar surface area (TPSA) is 49.3 Å². The molecule has 0 unspecified atom stereocenters. The van der Waals surface area contributed by atoms with Crippen LogP contribution < -0.4 is 5.32 Å². The highest BCUT2D eigenvalue weighted by Crippen LogP contribution is 2.46. The van der Waals surface area contributed by atoms with Gasteiger partial charge in [-0.25, -0.2) is 0 Å². The van der Waals surface area contributed by atoms with Gasteiger partial charge in [0.1, 0.15) is 0 Å². The van der Waals surface area contributed by atoms with Crippen LogP contribution in [0.1, 0.15) is 46.0 Å². The molecule has 2 saturated carbocycles. The maximum atomic E-state index is 11.9. The molecule has 92 valence electrons. The standard InChI is InChI=1S/C13H23NO2/c1-12(2,10-4-3-5-10)8-14-11(16)13(9-15)6-7-13/h10,15H,3-9H2,1-2H3,(H,14,16). The highest BCUT2D eigenvalue weighted by atomic mass is 16.3. The quantitative estimate of drug-likeness (QED) is 0.748. The molecule has 2 rings (SSSR count). The van der Waals surface area contributed by atoms with Gasteiger partial charge in [0.05, 0.1) is 12.0 Å². The summed E-state index contributed by atoms with van der Waals surface area (Å²) in [5.74, 6) is 0.819. The Balaban J connectivity index is 1.80. The molecule has 0 saturated heterocycles.